The summed E-state index contributed by atoms with van der Waals surface area (Å²) in [6, 6.07) is 9.23. The van der Waals surface area contributed by atoms with Gasteiger partial charge in [0.2, 0.25) is 5.95 Å². The highest BCUT2D eigenvalue weighted by Gasteiger charge is 2.31. The molecular weight excluding hydrogens is 320 g/mol. The molecule has 0 radical (unpaired) electrons. The van der Waals surface area contributed by atoms with Crippen LogP contribution >= 0.6 is 0 Å². The molecule has 2 aromatic heterocycles. The van der Waals surface area contributed by atoms with Gasteiger partial charge in [0.25, 0.3) is 0 Å². The smallest absolute Gasteiger partial charge is 0.308 e. The number of nitrogens with one attached hydrogen (secondary N) is 1. The van der Waals surface area contributed by atoms with Crippen molar-refractivity contribution in [1.82, 2.24) is 25.0 Å². The van der Waals surface area contributed by atoms with E-state index in [9.17, 15) is 9.90 Å². The van der Waals surface area contributed by atoms with E-state index in [2.05, 4.69) is 25.6 Å². The summed E-state index contributed by atoms with van der Waals surface area (Å²) in [5.41, 5.74) is 1.64. The maximum absolute atomic E-state index is 11.5. The molecule has 0 spiro atoms. The molecule has 1 fully saturated rings. The number of benzene rings is 1. The molecule has 3 aromatic rings. The number of carbonyl (C=O) groups is 1. The van der Waals surface area contributed by atoms with Crippen molar-refractivity contribution in [2.75, 3.05) is 5.32 Å². The number of aromatic nitrogens is 5. The fourth-order valence-corrected chi connectivity index (χ4v) is 3.34. The Balaban J connectivity index is 1.62. The lowest BCUT2D eigenvalue weighted by molar-refractivity contribution is -0.143. The summed E-state index contributed by atoms with van der Waals surface area (Å²) in [5, 5.41) is 20.9. The van der Waals surface area contributed by atoms with Crippen molar-refractivity contribution < 1.29 is 9.90 Å². The van der Waals surface area contributed by atoms with Crippen LogP contribution in [-0.4, -0.2) is 42.1 Å². The maximum Gasteiger partial charge on any atom is 0.308 e. The van der Waals surface area contributed by atoms with Gasteiger partial charge in [-0.25, -0.2) is 4.98 Å². The number of aliphatic carboxylic acids is 1. The van der Waals surface area contributed by atoms with Crippen LogP contribution in [0.15, 0.2) is 36.5 Å². The molecule has 2 heterocycles. The van der Waals surface area contributed by atoms with Gasteiger partial charge in [-0.3, -0.25) is 4.79 Å². The molecule has 0 bridgehead atoms. The molecule has 1 aromatic carbocycles. The molecule has 1 saturated carbocycles. The first kappa shape index (κ1) is 15.5. The van der Waals surface area contributed by atoms with Gasteiger partial charge < -0.3 is 10.4 Å². The predicted octanol–water partition coefficient (Wildman–Crippen LogP) is 2.27. The molecule has 0 aliphatic heterocycles. The number of anilines is 1. The zero-order valence-corrected chi connectivity index (χ0v) is 13.5. The molecule has 2 unspecified atom stereocenters. The molecule has 8 heteroatoms. The highest BCUT2D eigenvalue weighted by Crippen LogP contribution is 2.27. The number of hydrogen-bond donors (Lipinski definition) is 2. The Morgan fingerprint density at radius 2 is 2.04 bits per heavy atom. The van der Waals surface area contributed by atoms with Crippen molar-refractivity contribution in [1.29, 1.82) is 0 Å². The van der Waals surface area contributed by atoms with Crippen molar-refractivity contribution in [3.05, 3.63) is 36.5 Å². The first-order valence-electron chi connectivity index (χ1n) is 8.35. The van der Waals surface area contributed by atoms with Gasteiger partial charge in [0.05, 0.1) is 11.4 Å². The lowest BCUT2D eigenvalue weighted by Crippen LogP contribution is -2.37. The summed E-state index contributed by atoms with van der Waals surface area (Å²) in [4.78, 5) is 20.2. The molecule has 0 saturated heterocycles. The van der Waals surface area contributed by atoms with Crippen LogP contribution in [-0.2, 0) is 4.79 Å². The summed E-state index contributed by atoms with van der Waals surface area (Å²) < 4.78 is 1.65. The van der Waals surface area contributed by atoms with Crippen molar-refractivity contribution in [2.45, 2.75) is 31.7 Å². The van der Waals surface area contributed by atoms with Crippen LogP contribution in [0.1, 0.15) is 25.7 Å². The topological polar surface area (TPSA) is 106 Å². The van der Waals surface area contributed by atoms with Gasteiger partial charge in [0.15, 0.2) is 5.82 Å². The van der Waals surface area contributed by atoms with Gasteiger partial charge in [-0.05, 0) is 25.0 Å². The minimum atomic E-state index is -0.768. The fraction of sp³-hybridized carbons (Fsp3) is 0.353. The second-order valence-electron chi connectivity index (χ2n) is 6.21. The molecule has 2 atom stereocenters. The van der Waals surface area contributed by atoms with Crippen LogP contribution in [0.5, 0.6) is 0 Å². The second-order valence-corrected chi connectivity index (χ2v) is 6.21. The van der Waals surface area contributed by atoms with E-state index in [0.29, 0.717) is 18.2 Å². The summed E-state index contributed by atoms with van der Waals surface area (Å²) >= 11 is 0. The third-order valence-corrected chi connectivity index (χ3v) is 4.61. The van der Waals surface area contributed by atoms with Crippen molar-refractivity contribution in [3.8, 4) is 5.82 Å². The molecule has 1 aliphatic carbocycles. The Bertz CT molecular complexity index is 909. The summed E-state index contributed by atoms with van der Waals surface area (Å²) in [6.07, 6.45) is 5.08. The zero-order chi connectivity index (χ0) is 17.2. The first-order valence-corrected chi connectivity index (χ1v) is 8.35. The number of para-hydroxylation sites is 1. The summed E-state index contributed by atoms with van der Waals surface area (Å²) in [7, 11) is 0. The standard InChI is InChI=1S/C17H18N6O2/c24-16(25)11-5-1-2-6-12(11)19-17-18-10-9-15(20-17)23-14-8-4-3-7-13(14)21-22-23/h3-4,7-12H,1-2,5-6H2,(H,24,25)(H,18,19,20). The van der Waals surface area contributed by atoms with Crippen LogP contribution in [0.25, 0.3) is 16.9 Å². The zero-order valence-electron chi connectivity index (χ0n) is 13.5. The number of rotatable bonds is 4. The normalized spacial score (nSPS) is 20.5. The number of carboxylic acid groups (broad SMARTS) is 1. The Labute approximate surface area is 143 Å². The molecule has 128 valence electrons. The summed E-state index contributed by atoms with van der Waals surface area (Å²) in [5.74, 6) is -0.173. The van der Waals surface area contributed by atoms with Gasteiger partial charge in [-0.15, -0.1) is 5.10 Å². The molecule has 1 aliphatic rings. The highest BCUT2D eigenvalue weighted by atomic mass is 16.4. The average Bonchev–Trinajstić information content (AvgIpc) is 3.06. The molecule has 2 N–H and O–H groups in total. The number of hydrogen-bond acceptors (Lipinski definition) is 6. The minimum absolute atomic E-state index is 0.158. The minimum Gasteiger partial charge on any atom is -0.481 e. The van der Waals surface area contributed by atoms with E-state index < -0.39 is 11.9 Å². The third-order valence-electron chi connectivity index (χ3n) is 4.61. The Morgan fingerprint density at radius 1 is 1.20 bits per heavy atom. The van der Waals surface area contributed by atoms with Crippen LogP contribution in [0, 0.1) is 5.92 Å². The monoisotopic (exact) mass is 338 g/mol. The van der Waals surface area contributed by atoms with Gasteiger partial charge in [-0.2, -0.15) is 9.67 Å². The van der Waals surface area contributed by atoms with E-state index in [4.69, 9.17) is 0 Å². The molecule has 25 heavy (non-hydrogen) atoms. The van der Waals surface area contributed by atoms with Crippen LogP contribution < -0.4 is 5.32 Å². The molecule has 0 amide bonds. The lowest BCUT2D eigenvalue weighted by atomic mass is 9.84. The molecule has 8 nitrogen and oxygen atoms in total. The quantitative estimate of drug-likeness (QED) is 0.751. The lowest BCUT2D eigenvalue weighted by Gasteiger charge is -2.29. The van der Waals surface area contributed by atoms with Crippen LogP contribution in [0.4, 0.5) is 5.95 Å². The van der Waals surface area contributed by atoms with E-state index in [1.165, 1.54) is 0 Å². The summed E-state index contributed by atoms with van der Waals surface area (Å²) in [6.45, 7) is 0. The van der Waals surface area contributed by atoms with Gasteiger partial charge in [0, 0.05) is 18.3 Å². The van der Waals surface area contributed by atoms with Gasteiger partial charge >= 0.3 is 5.97 Å². The van der Waals surface area contributed by atoms with E-state index in [0.717, 1.165) is 30.3 Å². The van der Waals surface area contributed by atoms with Crippen LogP contribution in [0.2, 0.25) is 0 Å². The van der Waals surface area contributed by atoms with Crippen LogP contribution in [0.3, 0.4) is 0 Å². The second kappa shape index (κ2) is 6.46. The molecular formula is C17H18N6O2. The highest BCUT2D eigenvalue weighted by molar-refractivity contribution is 5.75. The average molecular weight is 338 g/mol. The number of fused-ring (bicyclic) bond motifs is 1. The largest absolute Gasteiger partial charge is 0.481 e. The Kier molecular flexibility index (Phi) is 4.01. The van der Waals surface area contributed by atoms with E-state index in [-0.39, 0.29) is 6.04 Å². The van der Waals surface area contributed by atoms with Gasteiger partial charge in [0.1, 0.15) is 5.52 Å². The Morgan fingerprint density at radius 3 is 2.92 bits per heavy atom. The van der Waals surface area contributed by atoms with Gasteiger partial charge in [-0.1, -0.05) is 30.2 Å². The van der Waals surface area contributed by atoms with E-state index in [1.54, 1.807) is 16.9 Å². The van der Waals surface area contributed by atoms with Crippen molar-refractivity contribution >= 4 is 23.0 Å². The Hall–Kier alpha value is -3.03. The van der Waals surface area contributed by atoms with E-state index >= 15 is 0 Å². The fourth-order valence-electron chi connectivity index (χ4n) is 3.34. The maximum atomic E-state index is 11.5. The first-order chi connectivity index (χ1) is 12.2. The number of carboxylic acids is 1. The predicted molar refractivity (Wildman–Crippen MR) is 91.5 cm³/mol. The SMILES string of the molecule is O=C(O)C1CCCCC1Nc1nccc(-n2nnc3ccccc32)n1. The number of nitrogens with zero attached hydrogens (tertiary/aromatic N) is 5. The van der Waals surface area contributed by atoms with Crippen molar-refractivity contribution in [3.63, 3.8) is 0 Å². The van der Waals surface area contributed by atoms with Crippen molar-refractivity contribution in [2.24, 2.45) is 5.92 Å². The molecule has 4 rings (SSSR count). The van der Waals surface area contributed by atoms with E-state index in [1.807, 2.05) is 24.3 Å². The third kappa shape index (κ3) is 3.02.